The summed E-state index contributed by atoms with van der Waals surface area (Å²) in [5.74, 6) is -0.186. The van der Waals surface area contributed by atoms with E-state index in [0.29, 0.717) is 23.4 Å². The van der Waals surface area contributed by atoms with Gasteiger partial charge in [0.25, 0.3) is 5.91 Å². The van der Waals surface area contributed by atoms with Gasteiger partial charge in [-0.05, 0) is 31.3 Å². The van der Waals surface area contributed by atoms with Gasteiger partial charge in [0, 0.05) is 0 Å². The van der Waals surface area contributed by atoms with Gasteiger partial charge < -0.3 is 16.3 Å². The Kier molecular flexibility index (Phi) is 4.53. The van der Waals surface area contributed by atoms with Crippen LogP contribution in [-0.2, 0) is 0 Å². The Morgan fingerprint density at radius 2 is 2.05 bits per heavy atom. The number of rotatable bonds is 3. The van der Waals surface area contributed by atoms with E-state index >= 15 is 0 Å². The molecule has 0 atom stereocenters. The van der Waals surface area contributed by atoms with E-state index in [0.717, 1.165) is 37.2 Å². The molecule has 20 heavy (non-hydrogen) atoms. The first kappa shape index (κ1) is 14.7. The number of carbonyl (C=O) groups excluding carboxylic acids is 1. The lowest BCUT2D eigenvalue weighted by molar-refractivity contribution is 0.0918. The van der Waals surface area contributed by atoms with Crippen molar-refractivity contribution in [3.05, 3.63) is 10.6 Å². The van der Waals surface area contributed by atoms with E-state index in [2.05, 4.69) is 20.1 Å². The van der Waals surface area contributed by atoms with Crippen LogP contribution in [0.1, 0.15) is 53.9 Å². The number of amides is 1. The van der Waals surface area contributed by atoms with E-state index in [9.17, 15) is 4.79 Å². The van der Waals surface area contributed by atoms with E-state index in [1.807, 2.05) is 0 Å². The lowest BCUT2D eigenvalue weighted by Gasteiger charge is -2.32. The summed E-state index contributed by atoms with van der Waals surface area (Å²) in [5, 5.41) is 18.9. The Balaban J connectivity index is 2.24. The highest BCUT2D eigenvalue weighted by atomic mass is 32.1. The van der Waals surface area contributed by atoms with Crippen LogP contribution in [0.5, 0.6) is 0 Å². The minimum atomic E-state index is -0.765. The molecule has 0 unspecified atom stereocenters. The van der Waals surface area contributed by atoms with E-state index < -0.39 is 5.54 Å². The Labute approximate surface area is 121 Å². The molecule has 0 aromatic carbocycles. The second-order valence-electron chi connectivity index (χ2n) is 5.12. The summed E-state index contributed by atoms with van der Waals surface area (Å²) >= 11 is 1.05. The Morgan fingerprint density at radius 3 is 2.55 bits per heavy atom. The molecule has 0 aliphatic heterocycles. The number of carbonyl (C=O) groups is 1. The molecular weight excluding hydrogens is 278 g/mol. The van der Waals surface area contributed by atoms with Gasteiger partial charge >= 0.3 is 0 Å². The number of hydrogen-bond acceptors (Lipinski definition) is 6. The molecule has 1 aromatic rings. The third-order valence-corrected chi connectivity index (χ3v) is 4.59. The number of nitrogens with one attached hydrogen (secondary N) is 1. The second-order valence-corrected chi connectivity index (χ2v) is 5.88. The maximum Gasteiger partial charge on any atom is 0.265 e. The van der Waals surface area contributed by atoms with Crippen LogP contribution in [0, 0.1) is 6.92 Å². The van der Waals surface area contributed by atoms with Crippen molar-refractivity contribution in [3.8, 4) is 0 Å². The largest absolute Gasteiger partial charge is 0.409 e. The molecule has 7 nitrogen and oxygen atoms in total. The van der Waals surface area contributed by atoms with Gasteiger partial charge in [-0.2, -0.15) is 0 Å². The van der Waals surface area contributed by atoms with Gasteiger partial charge in [0.2, 0.25) is 0 Å². The highest BCUT2D eigenvalue weighted by Gasteiger charge is 2.38. The van der Waals surface area contributed by atoms with Crippen molar-refractivity contribution in [1.82, 2.24) is 14.9 Å². The first-order chi connectivity index (χ1) is 9.59. The van der Waals surface area contributed by atoms with Gasteiger partial charge in [-0.3, -0.25) is 4.79 Å². The third kappa shape index (κ3) is 2.90. The molecule has 1 amide bonds. The highest BCUT2D eigenvalue weighted by Crippen LogP contribution is 2.28. The van der Waals surface area contributed by atoms with Gasteiger partial charge in [-0.1, -0.05) is 35.3 Å². The number of nitrogens with two attached hydrogens (primary N) is 1. The first-order valence-corrected chi connectivity index (χ1v) is 7.46. The van der Waals surface area contributed by atoms with Crippen LogP contribution >= 0.6 is 11.5 Å². The number of aryl methyl sites for hydroxylation is 1. The normalized spacial score (nSPS) is 19.4. The molecule has 1 saturated carbocycles. The zero-order valence-corrected chi connectivity index (χ0v) is 12.2. The van der Waals surface area contributed by atoms with Gasteiger partial charge in [-0.25, -0.2) is 0 Å². The standard InChI is InChI=1S/C12H19N5O2S/c1-8-9(20-17-15-8)10(18)14-12(11(13)16-19)6-4-2-3-5-7-12/h19H,2-7H2,1H3,(H2,13,16)(H,14,18). The molecule has 0 spiro atoms. The van der Waals surface area contributed by atoms with Crippen molar-refractivity contribution in [1.29, 1.82) is 0 Å². The van der Waals surface area contributed by atoms with Crippen LogP contribution in [-0.4, -0.2) is 32.1 Å². The monoisotopic (exact) mass is 297 g/mol. The Morgan fingerprint density at radius 1 is 1.40 bits per heavy atom. The molecule has 1 aliphatic rings. The van der Waals surface area contributed by atoms with E-state index in [1.54, 1.807) is 6.92 Å². The smallest absolute Gasteiger partial charge is 0.265 e. The number of nitrogens with zero attached hydrogens (tertiary/aromatic N) is 3. The van der Waals surface area contributed by atoms with Crippen LogP contribution in [0.25, 0.3) is 0 Å². The molecule has 0 radical (unpaired) electrons. The summed E-state index contributed by atoms with van der Waals surface area (Å²) in [6.45, 7) is 1.74. The summed E-state index contributed by atoms with van der Waals surface area (Å²) in [7, 11) is 0. The Hall–Kier alpha value is -1.70. The fourth-order valence-electron chi connectivity index (χ4n) is 2.59. The van der Waals surface area contributed by atoms with E-state index in [4.69, 9.17) is 10.9 Å². The van der Waals surface area contributed by atoms with E-state index in [1.165, 1.54) is 0 Å². The molecule has 8 heteroatoms. The Bertz CT molecular complexity index is 506. The minimum absolute atomic E-state index is 0.0721. The van der Waals surface area contributed by atoms with Crippen molar-refractivity contribution >= 4 is 23.3 Å². The first-order valence-electron chi connectivity index (χ1n) is 6.68. The van der Waals surface area contributed by atoms with Crippen molar-refractivity contribution in [3.63, 3.8) is 0 Å². The molecule has 1 heterocycles. The maximum atomic E-state index is 12.4. The summed E-state index contributed by atoms with van der Waals surface area (Å²) < 4.78 is 3.76. The quantitative estimate of drug-likeness (QED) is 0.257. The zero-order chi connectivity index (χ0) is 14.6. The SMILES string of the molecule is Cc1nnsc1C(=O)NC1(C(N)=NO)CCCCCC1. The zero-order valence-electron chi connectivity index (χ0n) is 11.4. The fraction of sp³-hybridized carbons (Fsp3) is 0.667. The van der Waals surface area contributed by atoms with Gasteiger partial charge in [0.1, 0.15) is 10.4 Å². The molecular formula is C12H19N5O2S. The van der Waals surface area contributed by atoms with Crippen LogP contribution in [0.2, 0.25) is 0 Å². The summed E-state index contributed by atoms with van der Waals surface area (Å²) in [5.41, 5.74) is 5.68. The summed E-state index contributed by atoms with van der Waals surface area (Å²) in [6.07, 6.45) is 5.43. The van der Waals surface area contributed by atoms with Crippen molar-refractivity contribution in [2.45, 2.75) is 51.0 Å². The van der Waals surface area contributed by atoms with E-state index in [-0.39, 0.29) is 11.7 Å². The van der Waals surface area contributed by atoms with Crippen molar-refractivity contribution in [2.24, 2.45) is 10.9 Å². The average molecular weight is 297 g/mol. The molecule has 1 aliphatic carbocycles. The summed E-state index contributed by atoms with van der Waals surface area (Å²) in [6, 6.07) is 0. The number of amidine groups is 1. The van der Waals surface area contributed by atoms with Crippen LogP contribution in [0.4, 0.5) is 0 Å². The van der Waals surface area contributed by atoms with Crippen LogP contribution < -0.4 is 11.1 Å². The lowest BCUT2D eigenvalue weighted by Crippen LogP contribution is -2.57. The third-order valence-electron chi connectivity index (χ3n) is 3.77. The molecule has 110 valence electrons. The average Bonchev–Trinajstić information content (AvgIpc) is 2.73. The van der Waals surface area contributed by atoms with Crippen LogP contribution in [0.15, 0.2) is 5.16 Å². The maximum absolute atomic E-state index is 12.4. The lowest BCUT2D eigenvalue weighted by atomic mass is 9.88. The van der Waals surface area contributed by atoms with Crippen molar-refractivity contribution in [2.75, 3.05) is 0 Å². The summed E-state index contributed by atoms with van der Waals surface area (Å²) in [4.78, 5) is 12.8. The van der Waals surface area contributed by atoms with Crippen LogP contribution in [0.3, 0.4) is 0 Å². The molecule has 0 saturated heterocycles. The molecule has 1 fully saturated rings. The number of oxime groups is 1. The second kappa shape index (κ2) is 6.17. The predicted molar refractivity (Wildman–Crippen MR) is 76.0 cm³/mol. The molecule has 0 bridgehead atoms. The molecule has 1 aromatic heterocycles. The highest BCUT2D eigenvalue weighted by molar-refractivity contribution is 7.08. The fourth-order valence-corrected chi connectivity index (χ4v) is 3.14. The molecule has 2 rings (SSSR count). The van der Waals surface area contributed by atoms with Gasteiger partial charge in [-0.15, -0.1) is 5.10 Å². The van der Waals surface area contributed by atoms with Gasteiger partial charge in [0.05, 0.1) is 5.69 Å². The number of hydrogen-bond donors (Lipinski definition) is 3. The van der Waals surface area contributed by atoms with Gasteiger partial charge in [0.15, 0.2) is 5.84 Å². The number of aromatic nitrogens is 2. The minimum Gasteiger partial charge on any atom is -0.409 e. The predicted octanol–water partition coefficient (Wildman–Crippen LogP) is 1.42. The molecule has 4 N–H and O–H groups in total. The topological polar surface area (TPSA) is 113 Å². The van der Waals surface area contributed by atoms with Crippen molar-refractivity contribution < 1.29 is 10.0 Å².